The minimum atomic E-state index is -5.39. The van der Waals surface area contributed by atoms with E-state index in [-0.39, 0.29) is 12.8 Å². The summed E-state index contributed by atoms with van der Waals surface area (Å²) in [6, 6.07) is 0. The van der Waals surface area contributed by atoms with E-state index < -0.39 is 95.7 Å². The molecule has 1 aliphatic rings. The quantitative estimate of drug-likeness (QED) is 0.00912. The van der Waals surface area contributed by atoms with Crippen molar-refractivity contribution in [3.05, 3.63) is 72.9 Å². The Bertz CT molecular complexity index is 1680. The van der Waals surface area contributed by atoms with Gasteiger partial charge in [-0.3, -0.25) is 23.2 Å². The fourth-order valence-corrected chi connectivity index (χ4v) is 9.00. The Labute approximate surface area is 422 Å². The Balaban J connectivity index is 2.64. The van der Waals surface area contributed by atoms with Gasteiger partial charge in [0.05, 0.1) is 18.8 Å². The van der Waals surface area contributed by atoms with E-state index in [4.69, 9.17) is 18.5 Å². The largest absolute Gasteiger partial charge is 0.472 e. The molecule has 1 saturated carbocycles. The zero-order chi connectivity index (χ0) is 52.8. The molecule has 410 valence electrons. The SMILES string of the molecule is CC/C=C\C[C@@H](O)/C=C/C=C\C=C\[C@@H](O)C/C=C\C/C=C\CCC(=O)OC[C@H](COP(=O)(O)O[C@H]1C(O)C(O)C(O)[C@@H](OP(=O)(O)O)C1O)OC(=O)CCCCCCCCCCCCCCCCCCC. The molecule has 9 N–H and O–H groups in total. The maximum Gasteiger partial charge on any atom is 0.472 e. The molecule has 0 spiro atoms. The van der Waals surface area contributed by atoms with Crippen LogP contribution in [0, 0.1) is 0 Å². The maximum atomic E-state index is 13.0. The predicted molar refractivity (Wildman–Crippen MR) is 271 cm³/mol. The summed E-state index contributed by atoms with van der Waals surface area (Å²) >= 11 is 0. The first-order valence-corrected chi connectivity index (χ1v) is 28.7. The summed E-state index contributed by atoms with van der Waals surface area (Å²) in [4.78, 5) is 54.4. The van der Waals surface area contributed by atoms with Crippen LogP contribution >= 0.6 is 15.6 Å². The van der Waals surface area contributed by atoms with Crippen molar-refractivity contribution in [2.45, 2.75) is 223 Å². The molecule has 1 fully saturated rings. The van der Waals surface area contributed by atoms with E-state index in [2.05, 4.69) is 11.4 Å². The second-order valence-corrected chi connectivity index (χ2v) is 20.5. The molecular formula is C51H88O18P2. The van der Waals surface area contributed by atoms with E-state index in [1.165, 1.54) is 77.0 Å². The van der Waals surface area contributed by atoms with Gasteiger partial charge in [0.2, 0.25) is 0 Å². The molecule has 0 aliphatic heterocycles. The number of esters is 2. The first kappa shape index (κ1) is 66.4. The van der Waals surface area contributed by atoms with Gasteiger partial charge in [-0.05, 0) is 38.5 Å². The minimum Gasteiger partial charge on any atom is -0.462 e. The van der Waals surface area contributed by atoms with Crippen LogP contribution in [0.1, 0.15) is 168 Å². The molecule has 0 bridgehead atoms. The number of rotatable bonds is 42. The van der Waals surface area contributed by atoms with Crippen LogP contribution in [0.25, 0.3) is 0 Å². The van der Waals surface area contributed by atoms with Crippen LogP contribution in [0.15, 0.2) is 72.9 Å². The first-order valence-electron chi connectivity index (χ1n) is 25.7. The van der Waals surface area contributed by atoms with Gasteiger partial charge in [0, 0.05) is 12.8 Å². The van der Waals surface area contributed by atoms with Gasteiger partial charge in [0.15, 0.2) is 6.10 Å². The average molecular weight is 1050 g/mol. The molecule has 20 heteroatoms. The van der Waals surface area contributed by atoms with Gasteiger partial charge >= 0.3 is 27.6 Å². The number of ether oxygens (including phenoxy) is 2. The first-order chi connectivity index (χ1) is 33.9. The number of carbonyl (C=O) groups excluding carboxylic acids is 2. The van der Waals surface area contributed by atoms with Crippen LogP contribution < -0.4 is 0 Å². The molecule has 0 aromatic heterocycles. The van der Waals surface area contributed by atoms with Crippen LogP contribution in [-0.2, 0) is 41.8 Å². The summed E-state index contributed by atoms with van der Waals surface area (Å²) in [5.74, 6) is -1.37. The highest BCUT2D eigenvalue weighted by Crippen LogP contribution is 2.49. The molecule has 71 heavy (non-hydrogen) atoms. The van der Waals surface area contributed by atoms with Crippen LogP contribution in [0.2, 0.25) is 0 Å². The summed E-state index contributed by atoms with van der Waals surface area (Å²) < 4.78 is 49.3. The Kier molecular flexibility index (Phi) is 38.1. The summed E-state index contributed by atoms with van der Waals surface area (Å²) in [5, 5.41) is 61.3. The third-order valence-corrected chi connectivity index (χ3v) is 13.0. The predicted octanol–water partition coefficient (Wildman–Crippen LogP) is 8.34. The maximum absolute atomic E-state index is 13.0. The number of phosphoric acid groups is 2. The Morgan fingerprint density at radius 3 is 1.52 bits per heavy atom. The fraction of sp³-hybridized carbons (Fsp3) is 0.725. The van der Waals surface area contributed by atoms with Crippen molar-refractivity contribution in [1.82, 2.24) is 0 Å². The van der Waals surface area contributed by atoms with E-state index in [0.29, 0.717) is 32.1 Å². The highest BCUT2D eigenvalue weighted by molar-refractivity contribution is 7.47. The van der Waals surface area contributed by atoms with Crippen molar-refractivity contribution >= 4 is 27.6 Å². The molecule has 5 unspecified atom stereocenters. The molecule has 1 rings (SSSR count). The molecule has 18 nitrogen and oxygen atoms in total. The standard InChI is InChI=1S/C51H88O18P2/c1-3-5-7-8-9-10-11-12-13-14-15-16-17-18-19-24-32-38-45(55)67-43(40-66-71(63,64)69-51-48(58)46(56)47(57)50(49(51)59)68-70(60,61)62)39-65-44(54)37-31-23-21-20-22-28-34-42(53)36-30-26-25-29-35-41(52)33-27-6-4-2/h6,21-23,25-30,35-36,41-43,46-53,56-59H,3-5,7-20,24,31-34,37-40H2,1-2H3,(H,63,64)(H2,60,61,62)/b23-21-,26-25-,27-6-,28-22-,35-29+,36-30+/t41-,42+,43-,46?,47?,48?,49?,50-,51+/m1/s1. The van der Waals surface area contributed by atoms with E-state index in [1.807, 2.05) is 37.3 Å². The second-order valence-electron chi connectivity index (χ2n) is 17.9. The van der Waals surface area contributed by atoms with Crippen molar-refractivity contribution < 1.29 is 87.1 Å². The molecule has 1 aliphatic carbocycles. The number of hydrogen-bond donors (Lipinski definition) is 9. The topological polar surface area (TPSA) is 296 Å². The lowest BCUT2D eigenvalue weighted by molar-refractivity contribution is -0.216. The van der Waals surface area contributed by atoms with Crippen molar-refractivity contribution in [2.75, 3.05) is 13.2 Å². The Morgan fingerprint density at radius 2 is 1.01 bits per heavy atom. The van der Waals surface area contributed by atoms with E-state index in [1.54, 1.807) is 42.5 Å². The molecule has 0 radical (unpaired) electrons. The molecule has 10 atom stereocenters. The Hall–Kier alpha value is -2.64. The summed E-state index contributed by atoms with van der Waals surface area (Å²) in [7, 11) is -10.7. The van der Waals surface area contributed by atoms with Crippen molar-refractivity contribution in [1.29, 1.82) is 0 Å². The van der Waals surface area contributed by atoms with Crippen LogP contribution in [0.3, 0.4) is 0 Å². The molecule has 0 heterocycles. The van der Waals surface area contributed by atoms with Gasteiger partial charge in [0.1, 0.15) is 43.2 Å². The molecule has 0 aromatic rings. The van der Waals surface area contributed by atoms with Gasteiger partial charge in [-0.15, -0.1) is 0 Å². The summed E-state index contributed by atoms with van der Waals surface area (Å²) in [6.07, 6.45) is 27.7. The highest BCUT2D eigenvalue weighted by Gasteiger charge is 2.54. The zero-order valence-corrected chi connectivity index (χ0v) is 43.9. The normalized spacial score (nSPS) is 22.4. The van der Waals surface area contributed by atoms with E-state index in [9.17, 15) is 64.0 Å². The zero-order valence-electron chi connectivity index (χ0n) is 42.1. The number of allylic oxidation sites excluding steroid dienone is 8. The van der Waals surface area contributed by atoms with Gasteiger partial charge in [-0.2, -0.15) is 0 Å². The smallest absolute Gasteiger partial charge is 0.462 e. The van der Waals surface area contributed by atoms with Crippen molar-refractivity contribution in [3.8, 4) is 0 Å². The number of phosphoric ester groups is 2. The van der Waals surface area contributed by atoms with Crippen molar-refractivity contribution in [3.63, 3.8) is 0 Å². The fourth-order valence-electron chi connectivity index (χ4n) is 7.46. The van der Waals surface area contributed by atoms with E-state index >= 15 is 0 Å². The lowest BCUT2D eigenvalue weighted by atomic mass is 9.85. The number of aliphatic hydroxyl groups excluding tert-OH is 6. The molecular weight excluding hydrogens is 962 g/mol. The third-order valence-electron chi connectivity index (χ3n) is 11.5. The lowest BCUT2D eigenvalue weighted by Crippen LogP contribution is -2.64. The molecule has 0 aromatic carbocycles. The van der Waals surface area contributed by atoms with Crippen LogP contribution in [-0.4, -0.2) is 125 Å². The van der Waals surface area contributed by atoms with Gasteiger partial charge < -0.3 is 54.8 Å². The van der Waals surface area contributed by atoms with Gasteiger partial charge in [0.25, 0.3) is 0 Å². The van der Waals surface area contributed by atoms with Crippen LogP contribution in [0.4, 0.5) is 0 Å². The molecule has 0 amide bonds. The summed E-state index contributed by atoms with van der Waals surface area (Å²) in [5.41, 5.74) is 0. The Morgan fingerprint density at radius 1 is 0.535 bits per heavy atom. The monoisotopic (exact) mass is 1050 g/mol. The average Bonchev–Trinajstić information content (AvgIpc) is 3.32. The van der Waals surface area contributed by atoms with E-state index in [0.717, 1.165) is 32.1 Å². The third kappa shape index (κ3) is 35.2. The van der Waals surface area contributed by atoms with Crippen LogP contribution in [0.5, 0.6) is 0 Å². The summed E-state index contributed by atoms with van der Waals surface area (Å²) in [6.45, 7) is 2.79. The number of hydrogen-bond acceptors (Lipinski definition) is 15. The number of aliphatic hydroxyl groups is 6. The molecule has 0 saturated heterocycles. The van der Waals surface area contributed by atoms with Gasteiger partial charge in [-0.1, -0.05) is 189 Å². The number of carbonyl (C=O) groups is 2. The second kappa shape index (κ2) is 40.7. The lowest BCUT2D eigenvalue weighted by Gasteiger charge is -2.43. The minimum absolute atomic E-state index is 0.00623. The van der Waals surface area contributed by atoms with Crippen molar-refractivity contribution in [2.24, 2.45) is 0 Å². The number of unbranched alkanes of at least 4 members (excludes halogenated alkanes) is 16. The highest BCUT2D eigenvalue weighted by atomic mass is 31.2. The van der Waals surface area contributed by atoms with Gasteiger partial charge in [-0.25, -0.2) is 9.13 Å².